The fourth-order valence-electron chi connectivity index (χ4n) is 3.93. The molecule has 1 aromatic carbocycles. The minimum absolute atomic E-state index is 0.0125. The van der Waals surface area contributed by atoms with Crippen molar-refractivity contribution in [3.05, 3.63) is 49.8 Å². The van der Waals surface area contributed by atoms with E-state index in [2.05, 4.69) is 31.4 Å². The minimum atomic E-state index is -0.335. The number of amides is 1. The van der Waals surface area contributed by atoms with Crippen LogP contribution in [0.2, 0.25) is 10.0 Å². The van der Waals surface area contributed by atoms with E-state index < -0.39 is 0 Å². The van der Waals surface area contributed by atoms with E-state index >= 15 is 0 Å². The predicted octanol–water partition coefficient (Wildman–Crippen LogP) is 6.06. The Morgan fingerprint density at radius 3 is 2.65 bits per heavy atom. The van der Waals surface area contributed by atoms with Crippen LogP contribution in [0.4, 0.5) is 5.00 Å². The highest BCUT2D eigenvalue weighted by atomic mass is 35.5. The van der Waals surface area contributed by atoms with Crippen molar-refractivity contribution in [1.29, 1.82) is 0 Å². The number of hydrogen-bond donors (Lipinski definition) is 2. The molecule has 0 saturated carbocycles. The van der Waals surface area contributed by atoms with Gasteiger partial charge in [-0.1, -0.05) is 50.0 Å². The van der Waals surface area contributed by atoms with Gasteiger partial charge in [-0.3, -0.25) is 4.79 Å². The zero-order valence-electron chi connectivity index (χ0n) is 15.1. The number of halogens is 2. The van der Waals surface area contributed by atoms with Gasteiger partial charge in [-0.15, -0.1) is 11.3 Å². The largest absolute Gasteiger partial charge is 0.353 e. The van der Waals surface area contributed by atoms with Crippen molar-refractivity contribution in [1.82, 2.24) is 5.32 Å². The molecule has 0 radical (unpaired) electrons. The highest BCUT2D eigenvalue weighted by molar-refractivity contribution is 7.16. The Labute approximate surface area is 168 Å². The number of fused-ring (bicyclic) bond motifs is 3. The fourth-order valence-corrected chi connectivity index (χ4v) is 5.80. The lowest BCUT2D eigenvalue weighted by atomic mass is 9.72. The Kier molecular flexibility index (Phi) is 4.49. The van der Waals surface area contributed by atoms with E-state index in [1.54, 1.807) is 23.5 Å². The smallest absolute Gasteiger partial charge is 0.256 e. The summed E-state index contributed by atoms with van der Waals surface area (Å²) in [4.78, 5) is 14.2. The number of anilines is 1. The number of carbonyl (C=O) groups excluding carboxylic acids is 1. The van der Waals surface area contributed by atoms with Gasteiger partial charge in [0, 0.05) is 20.5 Å². The summed E-state index contributed by atoms with van der Waals surface area (Å²) < 4.78 is 0. The molecule has 1 amide bonds. The lowest BCUT2D eigenvalue weighted by Gasteiger charge is -2.34. The van der Waals surface area contributed by atoms with Crippen LogP contribution in [0, 0.1) is 11.3 Å². The molecule has 1 aromatic heterocycles. The number of nitrogens with one attached hydrogen (secondary N) is 2. The summed E-state index contributed by atoms with van der Waals surface area (Å²) in [6.07, 6.45) is 2.83. The lowest BCUT2D eigenvalue weighted by molar-refractivity contribution is 0.0935. The number of hydrogen-bond acceptors (Lipinski definition) is 3. The molecule has 1 aliphatic carbocycles. The molecule has 0 unspecified atom stereocenters. The first-order valence-electron chi connectivity index (χ1n) is 8.91. The van der Waals surface area contributed by atoms with E-state index in [0.717, 1.165) is 35.4 Å². The van der Waals surface area contributed by atoms with E-state index in [1.807, 2.05) is 6.07 Å². The topological polar surface area (TPSA) is 41.1 Å². The predicted molar refractivity (Wildman–Crippen MR) is 110 cm³/mol. The van der Waals surface area contributed by atoms with Crippen molar-refractivity contribution in [2.24, 2.45) is 11.3 Å². The van der Waals surface area contributed by atoms with Crippen molar-refractivity contribution >= 4 is 45.4 Å². The van der Waals surface area contributed by atoms with Gasteiger partial charge in [0.1, 0.15) is 11.2 Å². The van der Waals surface area contributed by atoms with Gasteiger partial charge in [-0.05, 0) is 48.3 Å². The van der Waals surface area contributed by atoms with Gasteiger partial charge >= 0.3 is 0 Å². The second kappa shape index (κ2) is 6.43. The molecule has 2 aliphatic rings. The Balaban J connectivity index is 1.66. The van der Waals surface area contributed by atoms with E-state index in [4.69, 9.17) is 23.2 Å². The SMILES string of the molecule is CC(C)(C)[C@@H]1CCc2c(sc3c2C(=O)N[C@@H](c2ccc(Cl)cc2Cl)N3)C1. The van der Waals surface area contributed by atoms with Crippen LogP contribution in [0.3, 0.4) is 0 Å². The first kappa shape index (κ1) is 18.1. The lowest BCUT2D eigenvalue weighted by Crippen LogP contribution is -2.38. The Morgan fingerprint density at radius 2 is 1.96 bits per heavy atom. The summed E-state index contributed by atoms with van der Waals surface area (Å²) in [5, 5.41) is 8.63. The molecule has 0 saturated heterocycles. The van der Waals surface area contributed by atoms with Crippen molar-refractivity contribution in [3.8, 4) is 0 Å². The summed E-state index contributed by atoms with van der Waals surface area (Å²) in [6.45, 7) is 6.92. The van der Waals surface area contributed by atoms with Crippen LogP contribution in [0.1, 0.15) is 59.7 Å². The molecule has 2 N–H and O–H groups in total. The van der Waals surface area contributed by atoms with Gasteiger partial charge in [-0.2, -0.15) is 0 Å². The highest BCUT2D eigenvalue weighted by Crippen LogP contribution is 2.46. The van der Waals surface area contributed by atoms with Crippen LogP contribution >= 0.6 is 34.5 Å². The Morgan fingerprint density at radius 1 is 1.19 bits per heavy atom. The van der Waals surface area contributed by atoms with Gasteiger partial charge < -0.3 is 10.6 Å². The van der Waals surface area contributed by atoms with Crippen LogP contribution in [-0.4, -0.2) is 5.91 Å². The minimum Gasteiger partial charge on any atom is -0.353 e. The van der Waals surface area contributed by atoms with Crippen LogP contribution in [0.25, 0.3) is 0 Å². The summed E-state index contributed by atoms with van der Waals surface area (Å²) in [6, 6.07) is 5.35. The molecule has 0 bridgehead atoms. The maximum atomic E-state index is 12.8. The zero-order valence-corrected chi connectivity index (χ0v) is 17.4. The summed E-state index contributed by atoms with van der Waals surface area (Å²) in [7, 11) is 0. The second-order valence-corrected chi connectivity index (χ2v) is 10.2. The van der Waals surface area contributed by atoms with Crippen molar-refractivity contribution in [2.75, 3.05) is 5.32 Å². The number of rotatable bonds is 1. The average molecular weight is 409 g/mol. The van der Waals surface area contributed by atoms with Gasteiger partial charge in [0.2, 0.25) is 0 Å². The molecule has 138 valence electrons. The summed E-state index contributed by atoms with van der Waals surface area (Å²) in [5.74, 6) is 0.640. The average Bonchev–Trinajstić information content (AvgIpc) is 2.91. The van der Waals surface area contributed by atoms with E-state index in [-0.39, 0.29) is 17.5 Å². The van der Waals surface area contributed by atoms with Gasteiger partial charge in [0.15, 0.2) is 0 Å². The third-order valence-electron chi connectivity index (χ3n) is 5.54. The van der Waals surface area contributed by atoms with Gasteiger partial charge in [0.05, 0.1) is 5.56 Å². The first-order chi connectivity index (χ1) is 12.2. The maximum Gasteiger partial charge on any atom is 0.256 e. The van der Waals surface area contributed by atoms with E-state index in [9.17, 15) is 4.79 Å². The number of thiophene rings is 1. The highest BCUT2D eigenvalue weighted by Gasteiger charge is 2.36. The maximum absolute atomic E-state index is 12.8. The molecule has 2 atom stereocenters. The molecule has 26 heavy (non-hydrogen) atoms. The van der Waals surface area contributed by atoms with Crippen molar-refractivity contribution in [3.63, 3.8) is 0 Å². The standard InChI is InChI=1S/C20H22Cl2N2OS/c1-20(2,3)10-4-6-13-15(8-10)26-19-16(13)18(25)23-17(24-19)12-7-5-11(21)9-14(12)22/h5,7,9-10,17,24H,4,6,8H2,1-3H3,(H,23,25)/t10-,17-/m1/s1. The van der Waals surface area contributed by atoms with Crippen LogP contribution in [0.15, 0.2) is 18.2 Å². The second-order valence-electron chi connectivity index (χ2n) is 8.23. The van der Waals surface area contributed by atoms with Crippen molar-refractivity contribution < 1.29 is 4.79 Å². The molecule has 2 aromatic rings. The third-order valence-corrected chi connectivity index (χ3v) is 7.29. The molecule has 2 heterocycles. The number of benzene rings is 1. The fraction of sp³-hybridized carbons (Fsp3) is 0.450. The number of carbonyl (C=O) groups is 1. The summed E-state index contributed by atoms with van der Waals surface area (Å²) in [5.41, 5.74) is 3.18. The van der Waals surface area contributed by atoms with Crippen LogP contribution < -0.4 is 10.6 Å². The van der Waals surface area contributed by atoms with Crippen molar-refractivity contribution in [2.45, 2.75) is 46.2 Å². The zero-order chi connectivity index (χ0) is 18.6. The molecule has 1 aliphatic heterocycles. The quantitative estimate of drug-likeness (QED) is 0.601. The summed E-state index contributed by atoms with van der Waals surface area (Å²) >= 11 is 14.1. The molecule has 6 heteroatoms. The molecule has 3 nitrogen and oxygen atoms in total. The molecule has 4 rings (SSSR count). The van der Waals surface area contributed by atoms with E-state index in [1.165, 1.54) is 10.4 Å². The van der Waals surface area contributed by atoms with Crippen LogP contribution in [-0.2, 0) is 12.8 Å². The van der Waals surface area contributed by atoms with Gasteiger partial charge in [0.25, 0.3) is 5.91 Å². The molecule has 0 fully saturated rings. The molecular formula is C20H22Cl2N2OS. The Hall–Kier alpha value is -1.23. The van der Waals surface area contributed by atoms with Crippen LogP contribution in [0.5, 0.6) is 0 Å². The first-order valence-corrected chi connectivity index (χ1v) is 10.5. The third kappa shape index (κ3) is 3.12. The normalized spacial score (nSPS) is 22.3. The molecular weight excluding hydrogens is 387 g/mol. The Bertz CT molecular complexity index is 885. The van der Waals surface area contributed by atoms with E-state index in [0.29, 0.717) is 16.0 Å². The van der Waals surface area contributed by atoms with Gasteiger partial charge in [-0.25, -0.2) is 0 Å². The molecule has 0 spiro atoms. The monoisotopic (exact) mass is 408 g/mol.